The molecule has 1 atom stereocenters. The summed E-state index contributed by atoms with van der Waals surface area (Å²) in [5.41, 5.74) is 0.822. The number of anilines is 1. The second kappa shape index (κ2) is 7.14. The molecule has 1 aromatic rings. The largest absolute Gasteiger partial charge is 0.497 e. The summed E-state index contributed by atoms with van der Waals surface area (Å²) in [6.07, 6.45) is 5.22. The van der Waals surface area contributed by atoms with Crippen LogP contribution in [0.5, 0.6) is 5.75 Å². The van der Waals surface area contributed by atoms with E-state index in [2.05, 4.69) is 10.6 Å². The molecule has 1 unspecified atom stereocenters. The molecule has 0 saturated carbocycles. The number of methoxy groups -OCH3 is 1. The van der Waals surface area contributed by atoms with Gasteiger partial charge in [-0.1, -0.05) is 6.42 Å². The zero-order chi connectivity index (χ0) is 13.5. The van der Waals surface area contributed by atoms with Gasteiger partial charge in [0.15, 0.2) is 0 Å². The monoisotopic (exact) mass is 262 g/mol. The maximum absolute atomic E-state index is 11.8. The van der Waals surface area contributed by atoms with Crippen molar-refractivity contribution in [1.82, 2.24) is 5.32 Å². The first kappa shape index (κ1) is 13.9. The summed E-state index contributed by atoms with van der Waals surface area (Å²) in [6, 6.07) is 7.91. The molecule has 1 aliphatic heterocycles. The van der Waals surface area contributed by atoms with Crippen molar-refractivity contribution in [2.24, 2.45) is 0 Å². The average molecular weight is 262 g/mol. The summed E-state index contributed by atoms with van der Waals surface area (Å²) in [5, 5.41) is 6.37. The van der Waals surface area contributed by atoms with E-state index in [1.807, 2.05) is 24.3 Å². The van der Waals surface area contributed by atoms with Crippen LogP contribution in [0.1, 0.15) is 32.1 Å². The van der Waals surface area contributed by atoms with Crippen molar-refractivity contribution in [2.45, 2.75) is 38.1 Å². The number of amides is 1. The SMILES string of the molecule is COc1ccc(NC(=O)CCC2CCCCN2)cc1. The van der Waals surface area contributed by atoms with E-state index in [9.17, 15) is 4.79 Å². The lowest BCUT2D eigenvalue weighted by Gasteiger charge is -2.23. The predicted octanol–water partition coefficient (Wildman–Crippen LogP) is 2.56. The van der Waals surface area contributed by atoms with Gasteiger partial charge in [0.1, 0.15) is 5.75 Å². The lowest BCUT2D eigenvalue weighted by Crippen LogP contribution is -2.34. The van der Waals surface area contributed by atoms with E-state index in [0.29, 0.717) is 12.5 Å². The summed E-state index contributed by atoms with van der Waals surface area (Å²) < 4.78 is 5.08. The summed E-state index contributed by atoms with van der Waals surface area (Å²) >= 11 is 0. The molecule has 104 valence electrons. The first-order valence-electron chi connectivity index (χ1n) is 6.95. The number of benzene rings is 1. The Kier molecular flexibility index (Phi) is 5.21. The van der Waals surface area contributed by atoms with Gasteiger partial charge in [0.05, 0.1) is 7.11 Å². The molecule has 0 radical (unpaired) electrons. The van der Waals surface area contributed by atoms with Crippen LogP contribution in [0.3, 0.4) is 0 Å². The minimum Gasteiger partial charge on any atom is -0.497 e. The van der Waals surface area contributed by atoms with E-state index in [1.165, 1.54) is 19.3 Å². The normalized spacial score (nSPS) is 18.9. The number of carbonyl (C=O) groups excluding carboxylic acids is 1. The van der Waals surface area contributed by atoms with Crippen molar-refractivity contribution in [3.8, 4) is 5.75 Å². The van der Waals surface area contributed by atoms with E-state index >= 15 is 0 Å². The lowest BCUT2D eigenvalue weighted by molar-refractivity contribution is -0.116. The molecule has 0 bridgehead atoms. The minimum atomic E-state index is 0.0811. The molecule has 2 rings (SSSR count). The van der Waals surface area contributed by atoms with Crippen LogP contribution in [0.4, 0.5) is 5.69 Å². The van der Waals surface area contributed by atoms with Crippen molar-refractivity contribution in [3.63, 3.8) is 0 Å². The summed E-state index contributed by atoms with van der Waals surface area (Å²) in [7, 11) is 1.63. The first-order valence-corrected chi connectivity index (χ1v) is 6.95. The first-order chi connectivity index (χ1) is 9.28. The van der Waals surface area contributed by atoms with Gasteiger partial charge in [0.25, 0.3) is 0 Å². The van der Waals surface area contributed by atoms with Gasteiger partial charge < -0.3 is 15.4 Å². The Bertz CT molecular complexity index is 397. The maximum atomic E-state index is 11.8. The van der Waals surface area contributed by atoms with Crippen LogP contribution >= 0.6 is 0 Å². The van der Waals surface area contributed by atoms with Crippen molar-refractivity contribution in [2.75, 3.05) is 19.0 Å². The molecule has 2 N–H and O–H groups in total. The van der Waals surface area contributed by atoms with Gasteiger partial charge in [-0.25, -0.2) is 0 Å². The van der Waals surface area contributed by atoms with E-state index in [0.717, 1.165) is 24.4 Å². The highest BCUT2D eigenvalue weighted by atomic mass is 16.5. The lowest BCUT2D eigenvalue weighted by atomic mass is 10.0. The van der Waals surface area contributed by atoms with Crippen LogP contribution in [-0.2, 0) is 4.79 Å². The fraction of sp³-hybridized carbons (Fsp3) is 0.533. The molecule has 4 nitrogen and oxygen atoms in total. The highest BCUT2D eigenvalue weighted by Gasteiger charge is 2.13. The van der Waals surface area contributed by atoms with Gasteiger partial charge in [0.2, 0.25) is 5.91 Å². The Hall–Kier alpha value is -1.55. The summed E-state index contributed by atoms with van der Waals surface area (Å²) in [5.74, 6) is 0.877. The van der Waals surface area contributed by atoms with E-state index in [1.54, 1.807) is 7.11 Å². The topological polar surface area (TPSA) is 50.4 Å². The Morgan fingerprint density at radius 3 is 2.79 bits per heavy atom. The van der Waals surface area contributed by atoms with Crippen LogP contribution < -0.4 is 15.4 Å². The molecule has 0 aliphatic carbocycles. The third-order valence-electron chi connectivity index (χ3n) is 3.51. The second-order valence-corrected chi connectivity index (χ2v) is 4.96. The molecule has 1 fully saturated rings. The molecule has 0 spiro atoms. The highest BCUT2D eigenvalue weighted by Crippen LogP contribution is 2.16. The molecular formula is C15H22N2O2. The number of hydrogen-bond donors (Lipinski definition) is 2. The van der Waals surface area contributed by atoms with E-state index in [4.69, 9.17) is 4.74 Å². The van der Waals surface area contributed by atoms with Crippen LogP contribution in [0.2, 0.25) is 0 Å². The Morgan fingerprint density at radius 2 is 2.16 bits per heavy atom. The molecule has 1 heterocycles. The summed E-state index contributed by atoms with van der Waals surface area (Å²) in [4.78, 5) is 11.8. The van der Waals surface area contributed by atoms with Crippen molar-refractivity contribution >= 4 is 11.6 Å². The van der Waals surface area contributed by atoms with E-state index < -0.39 is 0 Å². The van der Waals surface area contributed by atoms with Gasteiger partial charge in [-0.15, -0.1) is 0 Å². The van der Waals surface area contributed by atoms with Crippen molar-refractivity contribution in [3.05, 3.63) is 24.3 Å². The number of rotatable bonds is 5. The number of ether oxygens (including phenoxy) is 1. The number of nitrogens with one attached hydrogen (secondary N) is 2. The summed E-state index contributed by atoms with van der Waals surface area (Å²) in [6.45, 7) is 1.09. The molecule has 4 heteroatoms. The second-order valence-electron chi connectivity index (χ2n) is 4.96. The molecule has 1 amide bonds. The molecule has 1 saturated heterocycles. The Balaban J connectivity index is 1.73. The molecule has 19 heavy (non-hydrogen) atoms. The zero-order valence-corrected chi connectivity index (χ0v) is 11.4. The third-order valence-corrected chi connectivity index (χ3v) is 3.51. The van der Waals surface area contributed by atoms with Crippen LogP contribution in [0, 0.1) is 0 Å². The molecule has 0 aromatic heterocycles. The van der Waals surface area contributed by atoms with Crippen molar-refractivity contribution in [1.29, 1.82) is 0 Å². The predicted molar refractivity (Wildman–Crippen MR) is 76.5 cm³/mol. The zero-order valence-electron chi connectivity index (χ0n) is 11.4. The van der Waals surface area contributed by atoms with Crippen molar-refractivity contribution < 1.29 is 9.53 Å². The molecular weight excluding hydrogens is 240 g/mol. The number of carbonyl (C=O) groups is 1. The smallest absolute Gasteiger partial charge is 0.224 e. The van der Waals surface area contributed by atoms with Gasteiger partial charge >= 0.3 is 0 Å². The quantitative estimate of drug-likeness (QED) is 0.857. The van der Waals surface area contributed by atoms with E-state index in [-0.39, 0.29) is 5.91 Å². The third kappa shape index (κ3) is 4.56. The fourth-order valence-corrected chi connectivity index (χ4v) is 2.37. The standard InChI is InChI=1S/C15H22N2O2/c1-19-14-8-5-13(6-9-14)17-15(18)10-7-12-4-2-3-11-16-12/h5-6,8-9,12,16H,2-4,7,10-11H2,1H3,(H,17,18). The molecule has 1 aliphatic rings. The average Bonchev–Trinajstić information content (AvgIpc) is 2.47. The van der Waals surface area contributed by atoms with Gasteiger partial charge in [0, 0.05) is 18.2 Å². The van der Waals surface area contributed by atoms with Gasteiger partial charge in [-0.2, -0.15) is 0 Å². The highest BCUT2D eigenvalue weighted by molar-refractivity contribution is 5.90. The van der Waals surface area contributed by atoms with Crippen LogP contribution in [0.25, 0.3) is 0 Å². The van der Waals surface area contributed by atoms with Crippen LogP contribution in [-0.4, -0.2) is 25.6 Å². The maximum Gasteiger partial charge on any atom is 0.224 e. The Morgan fingerprint density at radius 1 is 1.37 bits per heavy atom. The fourth-order valence-electron chi connectivity index (χ4n) is 2.37. The number of hydrogen-bond acceptors (Lipinski definition) is 3. The van der Waals surface area contributed by atoms with Gasteiger partial charge in [-0.05, 0) is 50.1 Å². The molecule has 1 aromatic carbocycles. The Labute approximate surface area is 114 Å². The minimum absolute atomic E-state index is 0.0811. The van der Waals surface area contributed by atoms with Gasteiger partial charge in [-0.3, -0.25) is 4.79 Å². The van der Waals surface area contributed by atoms with Crippen LogP contribution in [0.15, 0.2) is 24.3 Å². The number of piperidine rings is 1.